The highest BCUT2D eigenvalue weighted by Gasteiger charge is 2.26. The summed E-state index contributed by atoms with van der Waals surface area (Å²) >= 11 is 0. The predicted octanol–water partition coefficient (Wildman–Crippen LogP) is 13.6. The molecule has 0 N–H and O–H groups in total. The number of hydrogen-bond donors (Lipinski definition) is 0. The summed E-state index contributed by atoms with van der Waals surface area (Å²) in [6.45, 7) is 15.2. The van der Waals surface area contributed by atoms with Gasteiger partial charge in [0.05, 0.1) is 22.3 Å². The first-order valence-corrected chi connectivity index (χ1v) is 18.0. The van der Waals surface area contributed by atoms with Gasteiger partial charge in [0.25, 0.3) is 0 Å². The van der Waals surface area contributed by atoms with Crippen LogP contribution in [0.4, 0.5) is 4.39 Å². The van der Waals surface area contributed by atoms with E-state index in [0.29, 0.717) is 16.7 Å². The minimum atomic E-state index is -0.357. The van der Waals surface area contributed by atoms with Crippen molar-refractivity contribution in [3.05, 3.63) is 144 Å². The van der Waals surface area contributed by atoms with E-state index in [1.165, 1.54) is 33.4 Å². The summed E-state index contributed by atoms with van der Waals surface area (Å²) in [5.74, 6) is 1.06. The molecular formula is C47H43FN2O. The Bertz CT molecular complexity index is 2530. The van der Waals surface area contributed by atoms with E-state index in [4.69, 9.17) is 9.40 Å². The first-order valence-electron chi connectivity index (χ1n) is 18.0. The van der Waals surface area contributed by atoms with Crippen LogP contribution >= 0.6 is 0 Å². The topological polar surface area (TPSA) is 31.0 Å². The van der Waals surface area contributed by atoms with Crippen molar-refractivity contribution in [2.45, 2.75) is 65.7 Å². The average molecular weight is 671 g/mol. The molecule has 254 valence electrons. The van der Waals surface area contributed by atoms with Gasteiger partial charge in [-0.1, -0.05) is 127 Å². The molecule has 2 aromatic heterocycles. The number of imidazole rings is 1. The van der Waals surface area contributed by atoms with Gasteiger partial charge in [0.2, 0.25) is 0 Å². The van der Waals surface area contributed by atoms with Crippen LogP contribution < -0.4 is 0 Å². The van der Waals surface area contributed by atoms with Crippen molar-refractivity contribution in [3.8, 4) is 39.3 Å². The molecule has 0 bridgehead atoms. The highest BCUT2D eigenvalue weighted by molar-refractivity contribution is 6.09. The molecule has 0 fully saturated rings. The Morgan fingerprint density at radius 3 is 1.88 bits per heavy atom. The fraction of sp³-hybridized carbons (Fsp3) is 0.213. The zero-order chi connectivity index (χ0) is 35.6. The maximum Gasteiger partial charge on any atom is 0.149 e. The van der Waals surface area contributed by atoms with E-state index in [2.05, 4.69) is 123 Å². The molecule has 0 atom stereocenters. The summed E-state index contributed by atoms with van der Waals surface area (Å²) in [7, 11) is 0. The summed E-state index contributed by atoms with van der Waals surface area (Å²) < 4.78 is 24.5. The van der Waals surface area contributed by atoms with Gasteiger partial charge in [-0.05, 0) is 98.7 Å². The first-order chi connectivity index (χ1) is 24.5. The van der Waals surface area contributed by atoms with Gasteiger partial charge in [-0.3, -0.25) is 4.57 Å². The van der Waals surface area contributed by atoms with E-state index in [1.54, 1.807) is 6.07 Å². The number of rotatable bonds is 6. The largest absolute Gasteiger partial charge is 0.455 e. The minimum absolute atomic E-state index is 0.215. The van der Waals surface area contributed by atoms with E-state index in [1.807, 2.05) is 45.0 Å². The molecule has 0 amide bonds. The monoisotopic (exact) mass is 670 g/mol. The van der Waals surface area contributed by atoms with E-state index in [0.717, 1.165) is 38.9 Å². The molecule has 6 aromatic carbocycles. The van der Waals surface area contributed by atoms with Gasteiger partial charge in [0.1, 0.15) is 22.8 Å². The second kappa shape index (κ2) is 12.4. The molecule has 0 aliphatic heterocycles. The van der Waals surface area contributed by atoms with Crippen molar-refractivity contribution in [2.24, 2.45) is 0 Å². The van der Waals surface area contributed by atoms with E-state index in [-0.39, 0.29) is 23.1 Å². The normalized spacial score (nSPS) is 12.3. The van der Waals surface area contributed by atoms with E-state index in [9.17, 15) is 0 Å². The smallest absolute Gasteiger partial charge is 0.149 e. The Hall–Kier alpha value is -5.48. The lowest BCUT2D eigenvalue weighted by Crippen LogP contribution is -2.13. The third-order valence-corrected chi connectivity index (χ3v) is 10.2. The second-order valence-electron chi connectivity index (χ2n) is 15.4. The van der Waals surface area contributed by atoms with Crippen LogP contribution in [-0.4, -0.2) is 9.55 Å². The van der Waals surface area contributed by atoms with Crippen molar-refractivity contribution in [1.29, 1.82) is 0 Å². The maximum absolute atomic E-state index is 15.5. The van der Waals surface area contributed by atoms with Crippen LogP contribution in [-0.2, 0) is 5.41 Å². The summed E-state index contributed by atoms with van der Waals surface area (Å²) in [6, 6.07) is 42.1. The van der Waals surface area contributed by atoms with Crippen LogP contribution in [0.15, 0.2) is 126 Å². The number of benzene rings is 6. The summed E-state index contributed by atoms with van der Waals surface area (Å²) in [5, 5.41) is 1.65. The van der Waals surface area contributed by atoms with E-state index >= 15 is 4.39 Å². The highest BCUT2D eigenvalue weighted by atomic mass is 19.1. The molecule has 51 heavy (non-hydrogen) atoms. The molecule has 2 heterocycles. The Balaban J connectivity index is 1.37. The summed E-state index contributed by atoms with van der Waals surface area (Å²) in [5.41, 5.74) is 13.0. The zero-order valence-electron chi connectivity index (χ0n) is 30.4. The lowest BCUT2D eigenvalue weighted by atomic mass is 9.86. The Morgan fingerprint density at radius 2 is 1.24 bits per heavy atom. The van der Waals surface area contributed by atoms with Crippen molar-refractivity contribution in [3.63, 3.8) is 0 Å². The van der Waals surface area contributed by atoms with Gasteiger partial charge in [0.15, 0.2) is 0 Å². The molecule has 0 aliphatic rings. The highest BCUT2D eigenvalue weighted by Crippen LogP contribution is 2.43. The van der Waals surface area contributed by atoms with Gasteiger partial charge in [-0.15, -0.1) is 0 Å². The van der Waals surface area contributed by atoms with Crippen LogP contribution in [0.5, 0.6) is 0 Å². The number of aromatic nitrogens is 2. The molecule has 3 nitrogen and oxygen atoms in total. The molecule has 0 radical (unpaired) electrons. The number of para-hydroxylation sites is 3. The zero-order valence-corrected chi connectivity index (χ0v) is 30.4. The van der Waals surface area contributed by atoms with Gasteiger partial charge in [0, 0.05) is 10.8 Å². The fourth-order valence-electron chi connectivity index (χ4n) is 7.47. The molecule has 8 rings (SSSR count). The van der Waals surface area contributed by atoms with Crippen LogP contribution in [0.1, 0.15) is 77.0 Å². The molecule has 4 heteroatoms. The van der Waals surface area contributed by atoms with Crippen LogP contribution in [0.25, 0.3) is 72.3 Å². The summed E-state index contributed by atoms with van der Waals surface area (Å²) in [6.07, 6.45) is 0. The number of hydrogen-bond acceptors (Lipinski definition) is 2. The van der Waals surface area contributed by atoms with E-state index < -0.39 is 0 Å². The molecule has 8 aromatic rings. The minimum Gasteiger partial charge on any atom is -0.455 e. The van der Waals surface area contributed by atoms with Gasteiger partial charge in [-0.2, -0.15) is 0 Å². The molecule has 0 unspecified atom stereocenters. The molecule has 0 spiro atoms. The Labute approximate surface area is 299 Å². The van der Waals surface area contributed by atoms with Crippen LogP contribution in [0, 0.1) is 5.82 Å². The third-order valence-electron chi connectivity index (χ3n) is 10.2. The number of fused-ring (bicyclic) bond motifs is 4. The van der Waals surface area contributed by atoms with Crippen LogP contribution in [0.3, 0.4) is 0 Å². The van der Waals surface area contributed by atoms with Gasteiger partial charge < -0.3 is 4.42 Å². The molecular weight excluding hydrogens is 628 g/mol. The second-order valence-corrected chi connectivity index (χ2v) is 15.4. The van der Waals surface area contributed by atoms with Crippen molar-refractivity contribution >= 4 is 33.0 Å². The first kappa shape index (κ1) is 32.7. The average Bonchev–Trinajstić information content (AvgIpc) is 3.69. The van der Waals surface area contributed by atoms with Crippen molar-refractivity contribution in [1.82, 2.24) is 9.55 Å². The number of nitrogens with zero attached hydrogens (tertiary/aromatic N) is 2. The lowest BCUT2D eigenvalue weighted by Gasteiger charge is -2.24. The maximum atomic E-state index is 15.5. The van der Waals surface area contributed by atoms with Crippen molar-refractivity contribution in [2.75, 3.05) is 0 Å². The SMILES string of the molecule is CC(C)c1cc(-c2ccc(-c3ccccc3)cc2)cc(C(C)C)c1-n1c(-c2cccc3c2oc2cc(C(C)(C)C)c(F)cc23)nc2ccccc21. The van der Waals surface area contributed by atoms with Crippen LogP contribution in [0.2, 0.25) is 0 Å². The number of halogens is 1. The molecule has 0 aliphatic carbocycles. The molecule has 0 saturated heterocycles. The quantitative estimate of drug-likeness (QED) is 0.176. The fourth-order valence-corrected chi connectivity index (χ4v) is 7.47. The Morgan fingerprint density at radius 1 is 0.627 bits per heavy atom. The summed E-state index contributed by atoms with van der Waals surface area (Å²) in [4.78, 5) is 5.30. The number of furan rings is 1. The third kappa shape index (κ3) is 5.63. The lowest BCUT2D eigenvalue weighted by molar-refractivity contribution is 0.522. The van der Waals surface area contributed by atoms with Crippen molar-refractivity contribution < 1.29 is 8.81 Å². The van der Waals surface area contributed by atoms with Gasteiger partial charge >= 0.3 is 0 Å². The Kier molecular flexibility index (Phi) is 7.94. The molecule has 0 saturated carbocycles. The standard InChI is InChI=1S/C47H43FN2O/c1-28(2)36-24-33(32-22-20-31(21-23-32)30-14-9-8-10-15-30)25-37(29(3)4)44(36)50-42-19-12-11-18-41(42)49-46(50)35-17-13-16-34-38-26-40(48)39(47(5,6)7)27-43(38)51-45(34)35/h8-29H,1-7H3. The predicted molar refractivity (Wildman–Crippen MR) is 211 cm³/mol. The van der Waals surface area contributed by atoms with Gasteiger partial charge in [-0.25, -0.2) is 9.37 Å².